The van der Waals surface area contributed by atoms with Crippen LogP contribution in [0.25, 0.3) is 0 Å². The van der Waals surface area contributed by atoms with Gasteiger partial charge >= 0.3 is 0 Å². The predicted molar refractivity (Wildman–Crippen MR) is 93.3 cm³/mol. The van der Waals surface area contributed by atoms with Crippen LogP contribution in [0.4, 0.5) is 0 Å². The Morgan fingerprint density at radius 2 is 1.96 bits per heavy atom. The Balaban J connectivity index is 1.79. The Morgan fingerprint density at radius 3 is 2.70 bits per heavy atom. The van der Waals surface area contributed by atoms with Gasteiger partial charge < -0.3 is 9.30 Å². The highest BCUT2D eigenvalue weighted by molar-refractivity contribution is 6.35. The molecule has 3 aromatic rings. The lowest BCUT2D eigenvalue weighted by atomic mass is 10.1. The third-order valence-corrected chi connectivity index (χ3v) is 4.11. The Bertz CT molecular complexity index is 801. The molecule has 0 unspecified atom stereocenters. The van der Waals surface area contributed by atoms with Crippen molar-refractivity contribution in [3.8, 4) is 5.75 Å². The van der Waals surface area contributed by atoms with E-state index < -0.39 is 0 Å². The summed E-state index contributed by atoms with van der Waals surface area (Å²) in [6.45, 7) is 3.18. The van der Waals surface area contributed by atoms with Crippen LogP contribution >= 0.6 is 23.2 Å². The summed E-state index contributed by atoms with van der Waals surface area (Å²) >= 11 is 12.1. The monoisotopic (exact) mass is 346 g/mol. The fraction of sp³-hybridized carbons (Fsp3) is 0.167. The maximum atomic E-state index is 6.20. The number of rotatable bonds is 5. The Morgan fingerprint density at radius 1 is 1.09 bits per heavy atom. The Hall–Kier alpha value is -1.97. The molecule has 0 amide bonds. The first-order valence-corrected chi connectivity index (χ1v) is 7.99. The second kappa shape index (κ2) is 7.07. The number of imidazole rings is 1. The number of hydrogen-bond donors (Lipinski definition) is 0. The van der Waals surface area contributed by atoms with Crippen molar-refractivity contribution in [1.29, 1.82) is 0 Å². The first-order chi connectivity index (χ1) is 11.1. The van der Waals surface area contributed by atoms with Crippen LogP contribution in [0.2, 0.25) is 10.0 Å². The minimum Gasteiger partial charge on any atom is -0.488 e. The second-order valence-electron chi connectivity index (χ2n) is 5.37. The zero-order valence-corrected chi connectivity index (χ0v) is 14.2. The molecule has 118 valence electrons. The fourth-order valence-corrected chi connectivity index (χ4v) is 2.81. The zero-order chi connectivity index (χ0) is 16.2. The highest BCUT2D eigenvalue weighted by atomic mass is 35.5. The fourth-order valence-electron chi connectivity index (χ4n) is 2.34. The summed E-state index contributed by atoms with van der Waals surface area (Å²) in [5.74, 6) is 0.843. The molecule has 3 nitrogen and oxygen atoms in total. The summed E-state index contributed by atoms with van der Waals surface area (Å²) in [4.78, 5) is 4.08. The lowest BCUT2D eigenvalue weighted by molar-refractivity contribution is 0.302. The molecule has 0 saturated heterocycles. The molecule has 0 aliphatic carbocycles. The molecule has 2 aromatic carbocycles. The SMILES string of the molecule is Cc1ccc(OCc2ccc(Cl)cc2Cl)c(Cn2ccnc2)c1. The first kappa shape index (κ1) is 15.9. The smallest absolute Gasteiger partial charge is 0.124 e. The Kier molecular flexibility index (Phi) is 4.89. The van der Waals surface area contributed by atoms with Crippen molar-refractivity contribution in [3.05, 3.63) is 81.9 Å². The van der Waals surface area contributed by atoms with Crippen LogP contribution < -0.4 is 4.74 Å². The van der Waals surface area contributed by atoms with Gasteiger partial charge in [-0.05, 0) is 25.1 Å². The molecule has 0 aliphatic rings. The number of benzene rings is 2. The van der Waals surface area contributed by atoms with Crippen molar-refractivity contribution in [1.82, 2.24) is 9.55 Å². The van der Waals surface area contributed by atoms with Crippen molar-refractivity contribution < 1.29 is 4.74 Å². The van der Waals surface area contributed by atoms with E-state index in [4.69, 9.17) is 27.9 Å². The number of aromatic nitrogens is 2. The molecule has 0 N–H and O–H groups in total. The van der Waals surface area contributed by atoms with E-state index in [0.29, 0.717) is 23.2 Å². The van der Waals surface area contributed by atoms with Crippen molar-refractivity contribution in [2.75, 3.05) is 0 Å². The van der Waals surface area contributed by atoms with E-state index in [9.17, 15) is 0 Å². The van der Waals surface area contributed by atoms with Gasteiger partial charge in [-0.15, -0.1) is 0 Å². The molecule has 23 heavy (non-hydrogen) atoms. The van der Waals surface area contributed by atoms with E-state index in [-0.39, 0.29) is 0 Å². The summed E-state index contributed by atoms with van der Waals surface area (Å²) in [7, 11) is 0. The maximum Gasteiger partial charge on any atom is 0.124 e. The minimum absolute atomic E-state index is 0.399. The summed E-state index contributed by atoms with van der Waals surface area (Å²) in [6, 6.07) is 11.6. The van der Waals surface area contributed by atoms with E-state index in [2.05, 4.69) is 18.0 Å². The molecule has 3 rings (SSSR count). The number of halogens is 2. The van der Waals surface area contributed by atoms with Crippen LogP contribution in [0.5, 0.6) is 5.75 Å². The van der Waals surface area contributed by atoms with Crippen LogP contribution in [-0.4, -0.2) is 9.55 Å². The van der Waals surface area contributed by atoms with Gasteiger partial charge in [0, 0.05) is 33.6 Å². The lowest BCUT2D eigenvalue weighted by Gasteiger charge is -2.14. The largest absolute Gasteiger partial charge is 0.488 e. The van der Waals surface area contributed by atoms with Crippen LogP contribution in [0.1, 0.15) is 16.7 Å². The average Bonchev–Trinajstić information content (AvgIpc) is 3.01. The minimum atomic E-state index is 0.399. The Labute approximate surface area is 145 Å². The van der Waals surface area contributed by atoms with Gasteiger partial charge in [0.2, 0.25) is 0 Å². The number of hydrogen-bond acceptors (Lipinski definition) is 2. The van der Waals surface area contributed by atoms with E-state index >= 15 is 0 Å². The summed E-state index contributed by atoms with van der Waals surface area (Å²) in [6.07, 6.45) is 5.49. The quantitative estimate of drug-likeness (QED) is 0.640. The van der Waals surface area contributed by atoms with Crippen molar-refractivity contribution in [2.24, 2.45) is 0 Å². The molecule has 0 atom stereocenters. The third-order valence-electron chi connectivity index (χ3n) is 3.53. The number of nitrogens with zero attached hydrogens (tertiary/aromatic N) is 2. The maximum absolute atomic E-state index is 6.20. The molecule has 0 spiro atoms. The van der Waals surface area contributed by atoms with E-state index in [1.165, 1.54) is 5.56 Å². The van der Waals surface area contributed by atoms with Crippen molar-refractivity contribution >= 4 is 23.2 Å². The topological polar surface area (TPSA) is 27.1 Å². The summed E-state index contributed by atoms with van der Waals surface area (Å²) < 4.78 is 8.00. The summed E-state index contributed by atoms with van der Waals surface area (Å²) in [5, 5.41) is 1.23. The van der Waals surface area contributed by atoms with Crippen LogP contribution in [-0.2, 0) is 13.2 Å². The molecular weight excluding hydrogens is 331 g/mol. The molecule has 0 radical (unpaired) electrons. The second-order valence-corrected chi connectivity index (χ2v) is 6.21. The van der Waals surface area contributed by atoms with Gasteiger partial charge in [-0.25, -0.2) is 4.98 Å². The number of aryl methyl sites for hydroxylation is 1. The molecule has 0 aliphatic heterocycles. The van der Waals surface area contributed by atoms with Gasteiger partial charge in [-0.2, -0.15) is 0 Å². The lowest BCUT2D eigenvalue weighted by Crippen LogP contribution is -2.03. The highest BCUT2D eigenvalue weighted by Crippen LogP contribution is 2.25. The standard InChI is InChI=1S/C18H16Cl2N2O/c1-13-2-5-18(15(8-13)10-22-7-6-21-12-22)23-11-14-3-4-16(19)9-17(14)20/h2-9,12H,10-11H2,1H3. The van der Waals surface area contributed by atoms with Gasteiger partial charge in [-0.3, -0.25) is 0 Å². The van der Waals surface area contributed by atoms with E-state index in [0.717, 1.165) is 16.9 Å². The van der Waals surface area contributed by atoms with Gasteiger partial charge in [0.1, 0.15) is 12.4 Å². The van der Waals surface area contributed by atoms with Crippen LogP contribution in [0, 0.1) is 6.92 Å². The molecule has 1 heterocycles. The third kappa shape index (κ3) is 4.06. The highest BCUT2D eigenvalue weighted by Gasteiger charge is 2.08. The van der Waals surface area contributed by atoms with Gasteiger partial charge in [0.25, 0.3) is 0 Å². The summed E-state index contributed by atoms with van der Waals surface area (Å²) in [5.41, 5.74) is 3.20. The molecule has 1 aromatic heterocycles. The normalized spacial score (nSPS) is 10.7. The first-order valence-electron chi connectivity index (χ1n) is 7.24. The molecule has 0 bridgehead atoms. The molecule has 5 heteroatoms. The van der Waals surface area contributed by atoms with Gasteiger partial charge in [0.15, 0.2) is 0 Å². The van der Waals surface area contributed by atoms with E-state index in [1.807, 2.05) is 35.0 Å². The number of ether oxygens (including phenoxy) is 1. The van der Waals surface area contributed by atoms with Gasteiger partial charge in [0.05, 0.1) is 12.9 Å². The van der Waals surface area contributed by atoms with Crippen LogP contribution in [0.15, 0.2) is 55.1 Å². The molecule has 0 fully saturated rings. The zero-order valence-electron chi connectivity index (χ0n) is 12.7. The van der Waals surface area contributed by atoms with Crippen LogP contribution in [0.3, 0.4) is 0 Å². The van der Waals surface area contributed by atoms with E-state index in [1.54, 1.807) is 18.6 Å². The van der Waals surface area contributed by atoms with Crippen molar-refractivity contribution in [3.63, 3.8) is 0 Å². The predicted octanol–water partition coefficient (Wildman–Crippen LogP) is 5.13. The van der Waals surface area contributed by atoms with Crippen molar-refractivity contribution in [2.45, 2.75) is 20.1 Å². The molecule has 0 saturated carbocycles. The molecular formula is C18H16Cl2N2O. The van der Waals surface area contributed by atoms with Gasteiger partial charge in [-0.1, -0.05) is 47.0 Å². The average molecular weight is 347 g/mol.